The quantitative estimate of drug-likeness (QED) is 0.595. The van der Waals surface area contributed by atoms with Crippen LogP contribution in [0.2, 0.25) is 0 Å². The SMILES string of the molecule is CC(C#N)(CF)NC(=O)O. The lowest BCUT2D eigenvalue weighted by atomic mass is 10.1. The third kappa shape index (κ3) is 2.31. The molecule has 0 aromatic rings. The third-order valence-corrected chi connectivity index (χ3v) is 0.897. The summed E-state index contributed by atoms with van der Waals surface area (Å²) in [6.07, 6.45) is -1.40. The van der Waals surface area contributed by atoms with Gasteiger partial charge in [0.05, 0.1) is 6.07 Å². The first kappa shape index (κ1) is 8.69. The highest BCUT2D eigenvalue weighted by molar-refractivity contribution is 5.66. The first-order valence-electron chi connectivity index (χ1n) is 2.52. The van der Waals surface area contributed by atoms with Gasteiger partial charge in [0.1, 0.15) is 6.67 Å². The number of hydrogen-bond acceptors (Lipinski definition) is 2. The van der Waals surface area contributed by atoms with Gasteiger partial charge < -0.3 is 10.4 Å². The van der Waals surface area contributed by atoms with Crippen LogP contribution in [0.5, 0.6) is 0 Å². The lowest BCUT2D eigenvalue weighted by Crippen LogP contribution is -2.45. The number of nitrogens with zero attached hydrogens (tertiary/aromatic N) is 1. The van der Waals surface area contributed by atoms with E-state index < -0.39 is 18.3 Å². The van der Waals surface area contributed by atoms with Gasteiger partial charge in [0, 0.05) is 0 Å². The minimum Gasteiger partial charge on any atom is -0.465 e. The highest BCUT2D eigenvalue weighted by Crippen LogP contribution is 2.01. The van der Waals surface area contributed by atoms with Crippen molar-refractivity contribution in [1.29, 1.82) is 5.26 Å². The zero-order chi connectivity index (χ0) is 8.20. The van der Waals surface area contributed by atoms with Crippen LogP contribution in [0.1, 0.15) is 6.92 Å². The lowest BCUT2D eigenvalue weighted by molar-refractivity contribution is 0.181. The van der Waals surface area contributed by atoms with Crippen molar-refractivity contribution in [3.8, 4) is 6.07 Å². The van der Waals surface area contributed by atoms with Crippen molar-refractivity contribution >= 4 is 6.09 Å². The molecule has 0 aromatic carbocycles. The van der Waals surface area contributed by atoms with E-state index in [2.05, 4.69) is 0 Å². The molecule has 10 heavy (non-hydrogen) atoms. The molecule has 0 bridgehead atoms. The van der Waals surface area contributed by atoms with E-state index in [9.17, 15) is 9.18 Å². The lowest BCUT2D eigenvalue weighted by Gasteiger charge is -2.15. The standard InChI is InChI=1S/C5H7FN2O2/c1-5(2-6,3-7)8-4(9)10/h8H,2H2,1H3,(H,9,10). The number of amides is 1. The van der Waals surface area contributed by atoms with Gasteiger partial charge in [-0.15, -0.1) is 0 Å². The number of nitrogens with one attached hydrogen (secondary N) is 1. The first-order valence-corrected chi connectivity index (χ1v) is 2.52. The zero-order valence-electron chi connectivity index (χ0n) is 5.39. The number of carboxylic acid groups (broad SMARTS) is 1. The largest absolute Gasteiger partial charge is 0.465 e. The van der Waals surface area contributed by atoms with Crippen LogP contribution < -0.4 is 5.32 Å². The fraction of sp³-hybridized carbons (Fsp3) is 0.600. The predicted molar refractivity (Wildman–Crippen MR) is 31.2 cm³/mol. The summed E-state index contributed by atoms with van der Waals surface area (Å²) >= 11 is 0. The van der Waals surface area contributed by atoms with Crippen molar-refractivity contribution < 1.29 is 14.3 Å². The van der Waals surface area contributed by atoms with Crippen LogP contribution >= 0.6 is 0 Å². The normalized spacial score (nSPS) is 14.9. The Morgan fingerprint density at radius 1 is 2.00 bits per heavy atom. The fourth-order valence-corrected chi connectivity index (χ4v) is 0.327. The molecule has 0 aromatic heterocycles. The van der Waals surface area contributed by atoms with E-state index in [1.807, 2.05) is 0 Å². The Morgan fingerprint density at radius 2 is 2.50 bits per heavy atom. The Hall–Kier alpha value is -1.31. The molecule has 0 saturated heterocycles. The van der Waals surface area contributed by atoms with Crippen molar-refractivity contribution in [3.63, 3.8) is 0 Å². The van der Waals surface area contributed by atoms with Crippen LogP contribution in [0.15, 0.2) is 0 Å². The first-order chi connectivity index (χ1) is 4.54. The van der Waals surface area contributed by atoms with Gasteiger partial charge in [0.25, 0.3) is 0 Å². The maximum absolute atomic E-state index is 11.9. The van der Waals surface area contributed by atoms with E-state index in [0.29, 0.717) is 0 Å². The van der Waals surface area contributed by atoms with E-state index in [-0.39, 0.29) is 0 Å². The summed E-state index contributed by atoms with van der Waals surface area (Å²) in [4.78, 5) is 9.90. The number of alkyl halides is 1. The molecule has 0 rings (SSSR count). The van der Waals surface area contributed by atoms with Gasteiger partial charge >= 0.3 is 6.09 Å². The van der Waals surface area contributed by atoms with Gasteiger partial charge in [-0.05, 0) is 6.92 Å². The van der Waals surface area contributed by atoms with E-state index in [0.717, 1.165) is 0 Å². The average molecular weight is 146 g/mol. The Morgan fingerprint density at radius 3 is 2.60 bits per heavy atom. The van der Waals surface area contributed by atoms with Gasteiger partial charge in [-0.1, -0.05) is 0 Å². The van der Waals surface area contributed by atoms with Crippen LogP contribution in [0.3, 0.4) is 0 Å². The summed E-state index contributed by atoms with van der Waals surface area (Å²) < 4.78 is 11.9. The molecule has 0 radical (unpaired) electrons. The Balaban J connectivity index is 4.10. The van der Waals surface area contributed by atoms with Gasteiger partial charge in [0.2, 0.25) is 0 Å². The van der Waals surface area contributed by atoms with Crippen LogP contribution in [0.25, 0.3) is 0 Å². The maximum Gasteiger partial charge on any atom is 0.406 e. The number of hydrogen-bond donors (Lipinski definition) is 2. The summed E-state index contributed by atoms with van der Waals surface area (Å²) in [6.45, 7) is 0.136. The summed E-state index contributed by atoms with van der Waals surface area (Å²) in [5.41, 5.74) is -1.61. The van der Waals surface area contributed by atoms with Crippen molar-refractivity contribution in [2.45, 2.75) is 12.5 Å². The molecule has 1 unspecified atom stereocenters. The number of rotatable bonds is 2. The fourth-order valence-electron chi connectivity index (χ4n) is 0.327. The molecule has 0 aliphatic heterocycles. The Labute approximate surface area is 57.3 Å². The topological polar surface area (TPSA) is 73.1 Å². The number of nitriles is 1. The molecular formula is C5H7FN2O2. The molecule has 2 N–H and O–H groups in total. The highest BCUT2D eigenvalue weighted by Gasteiger charge is 2.25. The van der Waals surface area contributed by atoms with Crippen molar-refractivity contribution in [2.75, 3.05) is 6.67 Å². The molecule has 4 nitrogen and oxygen atoms in total. The van der Waals surface area contributed by atoms with Crippen LogP contribution in [-0.4, -0.2) is 23.4 Å². The summed E-state index contributed by atoms with van der Waals surface area (Å²) in [5.74, 6) is 0. The minimum atomic E-state index is -1.61. The number of carbonyl (C=O) groups is 1. The molecular weight excluding hydrogens is 139 g/mol. The van der Waals surface area contributed by atoms with Gasteiger partial charge in [-0.2, -0.15) is 5.26 Å². The summed E-state index contributed by atoms with van der Waals surface area (Å²) in [6, 6.07) is 1.49. The van der Waals surface area contributed by atoms with Gasteiger partial charge in [0.15, 0.2) is 5.54 Å². The van der Waals surface area contributed by atoms with E-state index in [4.69, 9.17) is 10.4 Å². The third-order valence-electron chi connectivity index (χ3n) is 0.897. The molecule has 56 valence electrons. The van der Waals surface area contributed by atoms with E-state index in [1.54, 1.807) is 5.32 Å². The van der Waals surface area contributed by atoms with Gasteiger partial charge in [-0.25, -0.2) is 9.18 Å². The predicted octanol–water partition coefficient (Wildman–Crippen LogP) is 0.506. The molecule has 5 heteroatoms. The van der Waals surface area contributed by atoms with Crippen molar-refractivity contribution in [2.24, 2.45) is 0 Å². The second-order valence-corrected chi connectivity index (χ2v) is 2.01. The van der Waals surface area contributed by atoms with Crippen molar-refractivity contribution in [1.82, 2.24) is 5.32 Å². The van der Waals surface area contributed by atoms with Gasteiger partial charge in [-0.3, -0.25) is 0 Å². The van der Waals surface area contributed by atoms with E-state index >= 15 is 0 Å². The Kier molecular flexibility index (Phi) is 2.62. The van der Waals surface area contributed by atoms with Crippen LogP contribution in [0.4, 0.5) is 9.18 Å². The monoisotopic (exact) mass is 146 g/mol. The number of halogens is 1. The van der Waals surface area contributed by atoms with E-state index in [1.165, 1.54) is 13.0 Å². The summed E-state index contributed by atoms with van der Waals surface area (Å²) in [7, 11) is 0. The molecule has 0 spiro atoms. The minimum absolute atomic E-state index is 1.03. The van der Waals surface area contributed by atoms with Crippen LogP contribution in [-0.2, 0) is 0 Å². The smallest absolute Gasteiger partial charge is 0.406 e. The molecule has 1 atom stereocenters. The maximum atomic E-state index is 11.9. The molecule has 0 heterocycles. The average Bonchev–Trinajstić information content (AvgIpc) is 1.87. The summed E-state index contributed by atoms with van der Waals surface area (Å²) in [5, 5.41) is 18.0. The molecule has 0 saturated carbocycles. The zero-order valence-corrected chi connectivity index (χ0v) is 5.39. The second kappa shape index (κ2) is 3.01. The van der Waals surface area contributed by atoms with Crippen molar-refractivity contribution in [3.05, 3.63) is 0 Å². The highest BCUT2D eigenvalue weighted by atomic mass is 19.1. The molecule has 1 amide bonds. The molecule has 0 aliphatic rings. The second-order valence-electron chi connectivity index (χ2n) is 2.01. The van der Waals surface area contributed by atoms with Crippen LogP contribution in [0, 0.1) is 11.3 Å². The Bertz CT molecular complexity index is 177. The molecule has 0 fully saturated rings. The molecule has 0 aliphatic carbocycles.